The zero-order valence-electron chi connectivity index (χ0n) is 18.6. The molecular weight excluding hydrogens is 427 g/mol. The number of carbonyl (C=O) groups is 1. The predicted molar refractivity (Wildman–Crippen MR) is 127 cm³/mol. The molecule has 2 heterocycles. The van der Waals surface area contributed by atoms with Gasteiger partial charge in [0.15, 0.2) is 22.4 Å². The van der Waals surface area contributed by atoms with Crippen molar-refractivity contribution in [2.45, 2.75) is 38.8 Å². The Kier molecular flexibility index (Phi) is 5.65. The number of nitrogens with zero attached hydrogens (tertiary/aromatic N) is 4. The van der Waals surface area contributed by atoms with Gasteiger partial charge in [0.05, 0.1) is 6.57 Å². The van der Waals surface area contributed by atoms with Crippen LogP contribution in [0.15, 0.2) is 36.4 Å². The summed E-state index contributed by atoms with van der Waals surface area (Å²) in [5.41, 5.74) is 1.35. The number of aryl methyl sites for hydroxylation is 1. The highest BCUT2D eigenvalue weighted by atomic mass is 32.1. The van der Waals surface area contributed by atoms with E-state index in [9.17, 15) is 9.18 Å². The van der Waals surface area contributed by atoms with E-state index in [-0.39, 0.29) is 22.9 Å². The van der Waals surface area contributed by atoms with Gasteiger partial charge in [0.1, 0.15) is 11.6 Å². The number of thiocarbonyl (C=S) groups is 1. The van der Waals surface area contributed by atoms with Crippen LogP contribution < -0.4 is 14.5 Å². The Bertz CT molecular complexity index is 1140. The van der Waals surface area contributed by atoms with Gasteiger partial charge in [-0.05, 0) is 76.3 Å². The van der Waals surface area contributed by atoms with Gasteiger partial charge in [0.25, 0.3) is 5.91 Å². The number of benzene rings is 2. The number of carbonyl (C=O) groups excluding carboxylic acids is 1. The molecule has 1 atom stereocenters. The summed E-state index contributed by atoms with van der Waals surface area (Å²) in [6.07, 6.45) is 0.819. The normalized spacial score (nSPS) is 20.7. The third kappa shape index (κ3) is 3.72. The molecule has 0 spiro atoms. The first kappa shape index (κ1) is 22.2. The second-order valence-corrected chi connectivity index (χ2v) is 9.17. The molecule has 166 valence electrons. The van der Waals surface area contributed by atoms with Crippen LogP contribution in [-0.2, 0) is 4.79 Å². The van der Waals surface area contributed by atoms with Gasteiger partial charge in [-0.3, -0.25) is 9.69 Å². The second-order valence-electron chi connectivity index (χ2n) is 8.81. The van der Waals surface area contributed by atoms with Gasteiger partial charge in [-0.1, -0.05) is 6.07 Å². The number of amides is 1. The van der Waals surface area contributed by atoms with Gasteiger partial charge in [-0.25, -0.2) is 9.24 Å². The van der Waals surface area contributed by atoms with Crippen LogP contribution in [0.1, 0.15) is 25.8 Å². The lowest BCUT2D eigenvalue weighted by atomic mass is 10.0. The fourth-order valence-electron chi connectivity index (χ4n) is 4.26. The van der Waals surface area contributed by atoms with E-state index in [2.05, 4.69) is 9.74 Å². The Labute approximate surface area is 193 Å². The van der Waals surface area contributed by atoms with Crippen LogP contribution in [-0.4, -0.2) is 47.7 Å². The van der Waals surface area contributed by atoms with Crippen molar-refractivity contribution < 1.29 is 13.9 Å². The summed E-state index contributed by atoms with van der Waals surface area (Å²) in [6.45, 7) is 14.3. The molecule has 2 saturated heterocycles. The van der Waals surface area contributed by atoms with E-state index in [4.69, 9.17) is 23.5 Å². The first-order valence-electron chi connectivity index (χ1n) is 10.4. The number of rotatable bonds is 4. The maximum absolute atomic E-state index is 15.0. The number of anilines is 2. The molecule has 6 nitrogen and oxygen atoms in total. The molecule has 0 saturated carbocycles. The molecule has 2 fully saturated rings. The lowest BCUT2D eigenvalue weighted by Crippen LogP contribution is -2.44. The number of halogens is 1. The molecule has 0 aliphatic carbocycles. The molecular formula is C24H25FN4O2S. The molecule has 2 aromatic rings. The van der Waals surface area contributed by atoms with Crippen molar-refractivity contribution in [3.05, 3.63) is 59.2 Å². The Morgan fingerprint density at radius 1 is 1.22 bits per heavy atom. The highest BCUT2D eigenvalue weighted by molar-refractivity contribution is 7.81. The SMILES string of the molecule is [C-]#[N+]c1ccc(N2C(=O)C(C)(C)N(c3ccc(OC4CCN(C)C4)c(F)c3)C2=S)cc1C. The number of hydrogen-bond donors (Lipinski definition) is 0. The van der Waals surface area contributed by atoms with Gasteiger partial charge in [-0.15, -0.1) is 0 Å². The number of hydrogen-bond acceptors (Lipinski definition) is 4. The lowest BCUT2D eigenvalue weighted by molar-refractivity contribution is -0.120. The zero-order chi connectivity index (χ0) is 23.2. The fourth-order valence-corrected chi connectivity index (χ4v) is 4.78. The smallest absolute Gasteiger partial charge is 0.259 e. The third-order valence-corrected chi connectivity index (χ3v) is 6.41. The van der Waals surface area contributed by atoms with Crippen molar-refractivity contribution in [2.75, 3.05) is 29.9 Å². The van der Waals surface area contributed by atoms with E-state index < -0.39 is 11.4 Å². The number of likely N-dealkylation sites (N-methyl/N-ethyl adjacent to an activating group) is 1. The quantitative estimate of drug-likeness (QED) is 0.498. The fraction of sp³-hybridized carbons (Fsp3) is 0.375. The van der Waals surface area contributed by atoms with Crippen LogP contribution in [0.2, 0.25) is 0 Å². The van der Waals surface area contributed by atoms with Gasteiger partial charge in [0.2, 0.25) is 0 Å². The first-order chi connectivity index (χ1) is 15.1. The highest BCUT2D eigenvalue weighted by Gasteiger charge is 2.50. The Hall–Kier alpha value is -3.02. The second kappa shape index (κ2) is 8.15. The minimum atomic E-state index is -1.01. The Morgan fingerprint density at radius 2 is 1.94 bits per heavy atom. The third-order valence-electron chi connectivity index (χ3n) is 6.04. The van der Waals surface area contributed by atoms with E-state index >= 15 is 0 Å². The summed E-state index contributed by atoms with van der Waals surface area (Å²) in [7, 11) is 2.01. The summed E-state index contributed by atoms with van der Waals surface area (Å²) in [4.78, 5) is 22.1. The van der Waals surface area contributed by atoms with Gasteiger partial charge in [0, 0.05) is 30.5 Å². The molecule has 8 heteroatoms. The van der Waals surface area contributed by atoms with Gasteiger partial charge in [-0.2, -0.15) is 0 Å². The van der Waals surface area contributed by atoms with E-state index in [1.807, 2.05) is 14.0 Å². The summed E-state index contributed by atoms with van der Waals surface area (Å²) in [5.74, 6) is -0.503. The van der Waals surface area contributed by atoms with Crippen molar-refractivity contribution >= 4 is 40.3 Å². The summed E-state index contributed by atoms with van der Waals surface area (Å²) >= 11 is 5.67. The van der Waals surface area contributed by atoms with Crippen molar-refractivity contribution in [1.29, 1.82) is 0 Å². The van der Waals surface area contributed by atoms with Crippen LogP contribution >= 0.6 is 12.2 Å². The molecule has 2 aromatic carbocycles. The van der Waals surface area contributed by atoms with E-state index in [1.165, 1.54) is 11.0 Å². The summed E-state index contributed by atoms with van der Waals surface area (Å²) < 4.78 is 20.8. The highest BCUT2D eigenvalue weighted by Crippen LogP contribution is 2.38. The molecule has 32 heavy (non-hydrogen) atoms. The van der Waals surface area contributed by atoms with Gasteiger partial charge >= 0.3 is 0 Å². The number of ether oxygens (including phenoxy) is 1. The van der Waals surface area contributed by atoms with E-state index in [0.29, 0.717) is 17.1 Å². The predicted octanol–water partition coefficient (Wildman–Crippen LogP) is 4.68. The molecule has 0 bridgehead atoms. The average molecular weight is 453 g/mol. The molecule has 1 amide bonds. The maximum atomic E-state index is 15.0. The number of likely N-dealkylation sites (tertiary alicyclic amines) is 1. The maximum Gasteiger partial charge on any atom is 0.259 e. The largest absolute Gasteiger partial charge is 0.486 e. The molecule has 0 aromatic heterocycles. The molecule has 4 rings (SSSR count). The molecule has 1 unspecified atom stereocenters. The standard InChI is InChI=1S/C24H25FN4O2S/c1-15-12-16(6-8-20(15)26-4)28-22(30)24(2,3)29(23(28)32)17-7-9-21(19(25)13-17)31-18-10-11-27(5)14-18/h6-9,12-13,18H,10-11,14H2,1-3,5H3. The van der Waals surface area contributed by atoms with Crippen LogP contribution in [0, 0.1) is 19.3 Å². The van der Waals surface area contributed by atoms with Crippen molar-refractivity contribution in [3.8, 4) is 5.75 Å². The van der Waals surface area contributed by atoms with Crippen molar-refractivity contribution in [2.24, 2.45) is 0 Å². The monoisotopic (exact) mass is 452 g/mol. The van der Waals surface area contributed by atoms with Crippen LogP contribution in [0.25, 0.3) is 4.85 Å². The van der Waals surface area contributed by atoms with E-state index in [0.717, 1.165) is 25.1 Å². The zero-order valence-corrected chi connectivity index (χ0v) is 19.4. The van der Waals surface area contributed by atoms with Crippen LogP contribution in [0.4, 0.5) is 21.5 Å². The topological polar surface area (TPSA) is 40.4 Å². The first-order valence-corrected chi connectivity index (χ1v) is 10.9. The van der Waals surface area contributed by atoms with Crippen molar-refractivity contribution in [3.63, 3.8) is 0 Å². The lowest BCUT2D eigenvalue weighted by Gasteiger charge is -2.29. The van der Waals surface area contributed by atoms with Crippen LogP contribution in [0.3, 0.4) is 0 Å². The average Bonchev–Trinajstić information content (AvgIpc) is 3.21. The Morgan fingerprint density at radius 3 is 2.53 bits per heavy atom. The molecule has 0 N–H and O–H groups in total. The minimum Gasteiger partial charge on any atom is -0.486 e. The summed E-state index contributed by atoms with van der Waals surface area (Å²) in [5, 5.41) is 0.264. The van der Waals surface area contributed by atoms with Crippen molar-refractivity contribution in [1.82, 2.24) is 4.90 Å². The van der Waals surface area contributed by atoms with Gasteiger partial charge < -0.3 is 14.5 Å². The Balaban J connectivity index is 1.64. The molecule has 0 radical (unpaired) electrons. The molecule has 2 aliphatic heterocycles. The molecule has 2 aliphatic rings. The summed E-state index contributed by atoms with van der Waals surface area (Å²) in [6, 6.07) is 9.86. The minimum absolute atomic E-state index is 0.0385. The van der Waals surface area contributed by atoms with E-state index in [1.54, 1.807) is 49.1 Å². The van der Waals surface area contributed by atoms with Crippen LogP contribution in [0.5, 0.6) is 5.75 Å².